The first-order valence-electron chi connectivity index (χ1n) is 13.7. The molecular formula is C30H23ClF4N6O3S2. The van der Waals surface area contributed by atoms with Gasteiger partial charge in [0.25, 0.3) is 10.0 Å². The zero-order chi connectivity index (χ0) is 32.5. The fourth-order valence-corrected chi connectivity index (χ4v) is 6.88. The summed E-state index contributed by atoms with van der Waals surface area (Å²) in [6, 6.07) is 15.2. The number of hydrogen-bond acceptors (Lipinski definition) is 9. The molecule has 1 fully saturated rings. The van der Waals surface area contributed by atoms with Crippen LogP contribution in [0.3, 0.4) is 0 Å². The second kappa shape index (κ2) is 12.8. The molecular weight excluding hydrogens is 668 g/mol. The van der Waals surface area contributed by atoms with E-state index in [9.17, 15) is 21.6 Å². The van der Waals surface area contributed by atoms with Gasteiger partial charge in [0.1, 0.15) is 33.5 Å². The van der Waals surface area contributed by atoms with E-state index < -0.39 is 32.5 Å². The van der Waals surface area contributed by atoms with E-state index in [2.05, 4.69) is 30.1 Å². The van der Waals surface area contributed by atoms with Crippen LogP contribution in [0.15, 0.2) is 83.3 Å². The predicted octanol–water partition coefficient (Wildman–Crippen LogP) is 7.08. The second-order valence-electron chi connectivity index (χ2n) is 10.1. The molecule has 2 aromatic heterocycles. The molecule has 1 aliphatic rings. The predicted molar refractivity (Wildman–Crippen MR) is 167 cm³/mol. The molecule has 1 aliphatic heterocycles. The van der Waals surface area contributed by atoms with E-state index in [0.717, 1.165) is 61.8 Å². The molecule has 0 spiro atoms. The minimum Gasteiger partial charge on any atom is -0.455 e. The minimum absolute atomic E-state index is 0.0498. The standard InChI is InChI=1S/C30H23ClF4N6O3S2/c31-23-15-27(46(42,43)40-29-39-38-17-45-29)24(32)16-26(23)44-25-6-3-19(18-1-4-21(5-2-18)30(33,34)35)13-22(25)20-7-8-37-28(14-20)41-11-9-36-10-12-41/h1-8,13-17,36H,9-12H2,(H,39,40). The SMILES string of the molecule is O=S(=O)(Nc1nncs1)c1cc(Cl)c(Oc2ccc(-c3ccc(C(F)(F)F)cc3)cc2-c2ccnc(N3CCNCC3)c2)cc1F. The van der Waals surface area contributed by atoms with Gasteiger partial charge in [0.2, 0.25) is 5.13 Å². The number of hydrogen-bond donors (Lipinski definition) is 2. The van der Waals surface area contributed by atoms with E-state index in [-0.39, 0.29) is 21.7 Å². The molecule has 3 heterocycles. The van der Waals surface area contributed by atoms with Gasteiger partial charge in [-0.2, -0.15) is 13.2 Å². The van der Waals surface area contributed by atoms with Crippen LogP contribution in [-0.4, -0.2) is 49.8 Å². The zero-order valence-corrected chi connectivity index (χ0v) is 25.9. The fraction of sp³-hybridized carbons (Fsp3) is 0.167. The lowest BCUT2D eigenvalue weighted by molar-refractivity contribution is -0.137. The van der Waals surface area contributed by atoms with Gasteiger partial charge in [-0.25, -0.2) is 17.8 Å². The molecule has 1 saturated heterocycles. The molecule has 238 valence electrons. The van der Waals surface area contributed by atoms with Gasteiger partial charge in [-0.05, 0) is 59.2 Å². The number of nitrogens with one attached hydrogen (secondary N) is 2. The summed E-state index contributed by atoms with van der Waals surface area (Å²) in [6.07, 6.45) is -2.84. The maximum absolute atomic E-state index is 15.3. The Hall–Kier alpha value is -4.31. The van der Waals surface area contributed by atoms with Crippen LogP contribution >= 0.6 is 22.9 Å². The summed E-state index contributed by atoms with van der Waals surface area (Å²) in [5.74, 6) is -0.332. The van der Waals surface area contributed by atoms with Crippen LogP contribution in [0.1, 0.15) is 5.56 Å². The highest BCUT2D eigenvalue weighted by molar-refractivity contribution is 7.93. The third-order valence-corrected chi connectivity index (χ3v) is 9.49. The number of alkyl halides is 3. The molecule has 0 amide bonds. The highest BCUT2D eigenvalue weighted by Gasteiger charge is 2.30. The summed E-state index contributed by atoms with van der Waals surface area (Å²) >= 11 is 7.34. The van der Waals surface area contributed by atoms with E-state index in [4.69, 9.17) is 16.3 Å². The van der Waals surface area contributed by atoms with Crippen LogP contribution in [0.2, 0.25) is 5.02 Å². The minimum atomic E-state index is -4.48. The normalized spacial score (nSPS) is 13.9. The molecule has 0 atom stereocenters. The van der Waals surface area contributed by atoms with Crippen molar-refractivity contribution in [1.82, 2.24) is 20.5 Å². The number of benzene rings is 3. The van der Waals surface area contributed by atoms with Crippen LogP contribution in [-0.2, 0) is 16.2 Å². The van der Waals surface area contributed by atoms with Crippen molar-refractivity contribution in [3.63, 3.8) is 0 Å². The highest BCUT2D eigenvalue weighted by Crippen LogP contribution is 2.41. The Morgan fingerprint density at radius 1 is 0.935 bits per heavy atom. The molecule has 3 aromatic carbocycles. The maximum Gasteiger partial charge on any atom is 0.416 e. The van der Waals surface area contributed by atoms with Crippen LogP contribution in [0, 0.1) is 5.82 Å². The number of rotatable bonds is 8. The number of aromatic nitrogens is 3. The van der Waals surface area contributed by atoms with Gasteiger partial charge in [0, 0.05) is 44.0 Å². The smallest absolute Gasteiger partial charge is 0.416 e. The maximum atomic E-state index is 15.3. The lowest BCUT2D eigenvalue weighted by Crippen LogP contribution is -2.43. The monoisotopic (exact) mass is 690 g/mol. The fourth-order valence-electron chi connectivity index (χ4n) is 4.83. The Bertz CT molecular complexity index is 1970. The molecule has 46 heavy (non-hydrogen) atoms. The van der Waals surface area contributed by atoms with E-state index in [0.29, 0.717) is 28.1 Å². The van der Waals surface area contributed by atoms with Crippen molar-refractivity contribution in [2.45, 2.75) is 11.1 Å². The van der Waals surface area contributed by atoms with E-state index in [1.807, 2.05) is 6.07 Å². The summed E-state index contributed by atoms with van der Waals surface area (Å²) in [7, 11) is -4.38. The molecule has 5 aromatic rings. The van der Waals surface area contributed by atoms with Gasteiger partial charge >= 0.3 is 6.18 Å². The lowest BCUT2D eigenvalue weighted by Gasteiger charge is -2.28. The van der Waals surface area contributed by atoms with Crippen molar-refractivity contribution < 1.29 is 30.7 Å². The third kappa shape index (κ3) is 6.92. The highest BCUT2D eigenvalue weighted by atomic mass is 35.5. The van der Waals surface area contributed by atoms with Gasteiger partial charge in [0.15, 0.2) is 0 Å². The number of piperazine rings is 1. The quantitative estimate of drug-likeness (QED) is 0.166. The van der Waals surface area contributed by atoms with Gasteiger partial charge < -0.3 is 15.0 Å². The average molecular weight is 691 g/mol. The van der Waals surface area contributed by atoms with E-state index in [1.165, 1.54) is 17.6 Å². The van der Waals surface area contributed by atoms with Gasteiger partial charge in [-0.1, -0.05) is 41.1 Å². The Morgan fingerprint density at radius 2 is 1.67 bits per heavy atom. The molecule has 6 rings (SSSR count). The van der Waals surface area contributed by atoms with Crippen molar-refractivity contribution in [3.05, 3.63) is 94.8 Å². The first-order chi connectivity index (χ1) is 22.0. The van der Waals surface area contributed by atoms with Gasteiger partial charge in [0.05, 0.1) is 10.6 Å². The third-order valence-electron chi connectivity index (χ3n) is 7.10. The molecule has 0 saturated carbocycles. The summed E-state index contributed by atoms with van der Waals surface area (Å²) in [6.45, 7) is 3.05. The average Bonchev–Trinajstić information content (AvgIpc) is 3.55. The number of nitrogens with zero attached hydrogens (tertiary/aromatic N) is 4. The van der Waals surface area contributed by atoms with Crippen molar-refractivity contribution in [1.29, 1.82) is 0 Å². The van der Waals surface area contributed by atoms with Crippen molar-refractivity contribution >= 4 is 43.9 Å². The largest absolute Gasteiger partial charge is 0.455 e. The summed E-state index contributed by atoms with van der Waals surface area (Å²) in [5, 5.41) is 10.2. The van der Waals surface area contributed by atoms with Crippen LogP contribution in [0.4, 0.5) is 28.5 Å². The van der Waals surface area contributed by atoms with Crippen LogP contribution in [0.5, 0.6) is 11.5 Å². The first-order valence-corrected chi connectivity index (χ1v) is 16.4. The van der Waals surface area contributed by atoms with E-state index >= 15 is 4.39 Å². The van der Waals surface area contributed by atoms with Crippen molar-refractivity contribution in [3.8, 4) is 33.8 Å². The molecule has 16 heteroatoms. The summed E-state index contributed by atoms with van der Waals surface area (Å²) in [5.41, 5.74) is 2.85. The Morgan fingerprint density at radius 3 is 2.37 bits per heavy atom. The summed E-state index contributed by atoms with van der Waals surface area (Å²) < 4.78 is 88.7. The lowest BCUT2D eigenvalue weighted by atomic mass is 9.97. The molecule has 0 bridgehead atoms. The van der Waals surface area contributed by atoms with Crippen LogP contribution < -0.4 is 19.7 Å². The van der Waals surface area contributed by atoms with Crippen molar-refractivity contribution in [2.75, 3.05) is 35.8 Å². The molecule has 2 N–H and O–H groups in total. The Kier molecular flexibility index (Phi) is 8.83. The van der Waals surface area contributed by atoms with Crippen LogP contribution in [0.25, 0.3) is 22.3 Å². The number of sulfonamides is 1. The topological polar surface area (TPSA) is 109 Å². The van der Waals surface area contributed by atoms with Crippen molar-refractivity contribution in [2.24, 2.45) is 0 Å². The Labute approximate surface area is 269 Å². The first kappa shape index (κ1) is 31.7. The molecule has 0 aliphatic carbocycles. The molecule has 0 unspecified atom stereocenters. The second-order valence-corrected chi connectivity index (χ2v) is 13.0. The van der Waals surface area contributed by atoms with E-state index in [1.54, 1.807) is 30.5 Å². The Balaban J connectivity index is 1.39. The molecule has 9 nitrogen and oxygen atoms in total. The zero-order valence-electron chi connectivity index (χ0n) is 23.6. The number of ether oxygens (including phenoxy) is 1. The number of anilines is 2. The molecule has 0 radical (unpaired) electrons. The number of pyridine rings is 1. The van der Waals surface area contributed by atoms with Gasteiger partial charge in [-0.3, -0.25) is 4.72 Å². The van der Waals surface area contributed by atoms with Gasteiger partial charge in [-0.15, -0.1) is 10.2 Å². The summed E-state index contributed by atoms with van der Waals surface area (Å²) in [4.78, 5) is 5.91. The number of halogens is 5.